The van der Waals surface area contributed by atoms with Gasteiger partial charge >= 0.3 is 6.18 Å². The zero-order valence-corrected chi connectivity index (χ0v) is 23.5. The smallest absolute Gasteiger partial charge is 0.344 e. The Morgan fingerprint density at radius 1 is 1.11 bits per heavy atom. The van der Waals surface area contributed by atoms with Crippen molar-refractivity contribution in [2.24, 2.45) is 10.8 Å². The Hall–Kier alpha value is -2.82. The first kappa shape index (κ1) is 29.7. The summed E-state index contributed by atoms with van der Waals surface area (Å²) in [5, 5.41) is 3.00. The van der Waals surface area contributed by atoms with Gasteiger partial charge in [-0.15, -0.1) is 23.1 Å². The number of carbonyl (C=O) groups excluding carboxylic acids is 1. The van der Waals surface area contributed by atoms with Crippen LogP contribution in [0.5, 0.6) is 0 Å². The summed E-state index contributed by atoms with van der Waals surface area (Å²) in [5.74, 6) is 5.69. The zero-order chi connectivity index (χ0) is 27.9. The van der Waals surface area contributed by atoms with Gasteiger partial charge in [0.25, 0.3) is 5.91 Å². The van der Waals surface area contributed by atoms with E-state index in [0.29, 0.717) is 10.7 Å². The van der Waals surface area contributed by atoms with Gasteiger partial charge < -0.3 is 10.7 Å². The van der Waals surface area contributed by atoms with Crippen LogP contribution >= 0.6 is 23.1 Å². The standard InChI is InChI=1S/C28H33F3N4OS2/c1-5-6-7-22(23-12-13-24(38-23)27(36)34-16-25(33-4)35-32)37-21-14-17(2)26(18(3)15-21)19-8-10-20(11-9-19)28(29,30)31/h8-15,22H,5-7,16,32H2,1-4H3,(H,33,35)(H,34,36). The number of halogens is 3. The molecule has 0 aliphatic rings. The van der Waals surface area contributed by atoms with E-state index < -0.39 is 11.7 Å². The van der Waals surface area contributed by atoms with Gasteiger partial charge in [-0.05, 0) is 78.9 Å². The fraction of sp³-hybridized carbons (Fsp3) is 0.357. The van der Waals surface area contributed by atoms with E-state index in [0.717, 1.165) is 63.4 Å². The van der Waals surface area contributed by atoms with Gasteiger partial charge in [-0.2, -0.15) is 13.2 Å². The number of thioether (sulfide) groups is 1. The molecule has 5 nitrogen and oxygen atoms in total. The number of alkyl halides is 3. The molecule has 1 heterocycles. The summed E-state index contributed by atoms with van der Waals surface area (Å²) in [5.41, 5.74) is 5.54. The fourth-order valence-corrected chi connectivity index (χ4v) is 6.71. The Morgan fingerprint density at radius 2 is 1.76 bits per heavy atom. The Labute approximate surface area is 230 Å². The van der Waals surface area contributed by atoms with Crippen LogP contribution in [0.25, 0.3) is 11.1 Å². The second-order valence-corrected chi connectivity index (χ2v) is 11.3. The average molecular weight is 563 g/mol. The van der Waals surface area contributed by atoms with Crippen LogP contribution in [0.1, 0.15) is 62.7 Å². The van der Waals surface area contributed by atoms with Crippen molar-refractivity contribution in [1.29, 1.82) is 0 Å². The Bertz CT molecular complexity index is 1250. The van der Waals surface area contributed by atoms with Gasteiger partial charge in [0.05, 0.1) is 17.0 Å². The third-order valence-corrected chi connectivity index (χ3v) is 8.76. The zero-order valence-electron chi connectivity index (χ0n) is 21.9. The molecule has 0 saturated carbocycles. The summed E-state index contributed by atoms with van der Waals surface area (Å²) < 4.78 is 39.0. The number of rotatable bonds is 10. The lowest BCUT2D eigenvalue weighted by molar-refractivity contribution is -0.137. The van der Waals surface area contributed by atoms with Crippen molar-refractivity contribution < 1.29 is 18.0 Å². The van der Waals surface area contributed by atoms with E-state index in [1.807, 2.05) is 26.0 Å². The Balaban J connectivity index is 1.81. The summed E-state index contributed by atoms with van der Waals surface area (Å²) in [6, 6.07) is 13.4. The minimum atomic E-state index is -4.35. The molecule has 1 amide bonds. The number of amides is 1. The average Bonchev–Trinajstić information content (AvgIpc) is 3.37. The van der Waals surface area contributed by atoms with Gasteiger partial charge in [0.1, 0.15) is 5.84 Å². The number of unbranched alkanes of at least 4 members (excludes halogenated alkanes) is 1. The second-order valence-electron chi connectivity index (χ2n) is 8.96. The summed E-state index contributed by atoms with van der Waals surface area (Å²) in [7, 11) is 1.60. The maximum absolute atomic E-state index is 13.0. The maximum atomic E-state index is 13.0. The Morgan fingerprint density at radius 3 is 2.32 bits per heavy atom. The highest BCUT2D eigenvalue weighted by Crippen LogP contribution is 2.43. The number of nitrogens with one attached hydrogen (secondary N) is 2. The number of hydrogen-bond acceptors (Lipinski definition) is 5. The molecule has 2 aromatic carbocycles. The lowest BCUT2D eigenvalue weighted by Crippen LogP contribution is -2.40. The van der Waals surface area contributed by atoms with E-state index >= 15 is 0 Å². The SMILES string of the molecule is CCCCC(Sc1cc(C)c(-c2ccc(C(F)(F)F)cc2)c(C)c1)c1ccc(C(=O)NCC(=NC)NN)s1. The van der Waals surface area contributed by atoms with Crippen LogP contribution in [0.15, 0.2) is 58.4 Å². The number of aliphatic imine (C=N–C) groups is 1. The normalized spacial score (nSPS) is 12.9. The molecule has 0 bridgehead atoms. The fourth-order valence-electron chi connectivity index (χ4n) is 4.18. The predicted octanol–water partition coefficient (Wildman–Crippen LogP) is 7.30. The number of thiophene rings is 1. The van der Waals surface area contributed by atoms with Gasteiger partial charge in [-0.25, -0.2) is 5.84 Å². The number of carbonyl (C=O) groups is 1. The van der Waals surface area contributed by atoms with Gasteiger partial charge in [-0.1, -0.05) is 31.9 Å². The van der Waals surface area contributed by atoms with Crippen molar-refractivity contribution in [3.8, 4) is 11.1 Å². The first-order valence-corrected chi connectivity index (χ1v) is 14.0. The van der Waals surface area contributed by atoms with Crippen LogP contribution < -0.4 is 16.6 Å². The maximum Gasteiger partial charge on any atom is 0.416 e. The van der Waals surface area contributed by atoms with Crippen LogP contribution in [0.4, 0.5) is 13.2 Å². The molecule has 0 radical (unpaired) electrons. The van der Waals surface area contributed by atoms with E-state index in [2.05, 4.69) is 34.8 Å². The highest BCUT2D eigenvalue weighted by Gasteiger charge is 2.30. The van der Waals surface area contributed by atoms with Gasteiger partial charge in [0, 0.05) is 22.1 Å². The molecule has 1 aromatic heterocycles. The number of hydrazine groups is 1. The van der Waals surface area contributed by atoms with E-state index in [-0.39, 0.29) is 17.7 Å². The van der Waals surface area contributed by atoms with Gasteiger partial charge in [-0.3, -0.25) is 9.79 Å². The molecule has 1 unspecified atom stereocenters. The van der Waals surface area contributed by atoms with Gasteiger partial charge in [0.15, 0.2) is 0 Å². The van der Waals surface area contributed by atoms with E-state index in [9.17, 15) is 18.0 Å². The van der Waals surface area contributed by atoms with Crippen LogP contribution in [0.2, 0.25) is 0 Å². The number of nitrogens with two attached hydrogens (primary N) is 1. The molecule has 4 N–H and O–H groups in total. The molecule has 0 spiro atoms. The van der Waals surface area contributed by atoms with Crippen molar-refractivity contribution in [3.63, 3.8) is 0 Å². The number of nitrogens with zero attached hydrogens (tertiary/aromatic N) is 1. The molecule has 10 heteroatoms. The van der Waals surface area contributed by atoms with Crippen LogP contribution in [0.3, 0.4) is 0 Å². The minimum absolute atomic E-state index is 0.176. The Kier molecular flexibility index (Phi) is 10.4. The molecule has 0 saturated heterocycles. The lowest BCUT2D eigenvalue weighted by Gasteiger charge is -2.18. The molecular weight excluding hydrogens is 529 g/mol. The van der Waals surface area contributed by atoms with Crippen molar-refractivity contribution in [2.75, 3.05) is 13.6 Å². The third kappa shape index (κ3) is 7.61. The summed E-state index contributed by atoms with van der Waals surface area (Å²) in [4.78, 5) is 19.4. The molecule has 38 heavy (non-hydrogen) atoms. The molecule has 0 fully saturated rings. The summed E-state index contributed by atoms with van der Waals surface area (Å²) in [6.45, 7) is 6.35. The topological polar surface area (TPSA) is 79.5 Å². The highest BCUT2D eigenvalue weighted by atomic mass is 32.2. The van der Waals surface area contributed by atoms with Gasteiger partial charge in [0.2, 0.25) is 0 Å². The van der Waals surface area contributed by atoms with E-state index in [4.69, 9.17) is 5.84 Å². The molecule has 1 atom stereocenters. The number of aryl methyl sites for hydroxylation is 2. The van der Waals surface area contributed by atoms with Crippen LogP contribution in [-0.4, -0.2) is 25.3 Å². The van der Waals surface area contributed by atoms with Crippen LogP contribution in [0, 0.1) is 13.8 Å². The molecule has 0 aliphatic heterocycles. The molecule has 3 rings (SSSR count). The molecule has 204 valence electrons. The lowest BCUT2D eigenvalue weighted by atomic mass is 9.95. The summed E-state index contributed by atoms with van der Waals surface area (Å²) >= 11 is 3.24. The number of hydrogen-bond donors (Lipinski definition) is 3. The van der Waals surface area contributed by atoms with Crippen molar-refractivity contribution >= 4 is 34.8 Å². The third-order valence-electron chi connectivity index (χ3n) is 6.13. The summed E-state index contributed by atoms with van der Waals surface area (Å²) in [6.07, 6.45) is -1.28. The van der Waals surface area contributed by atoms with E-state index in [1.54, 1.807) is 18.8 Å². The number of benzene rings is 2. The van der Waals surface area contributed by atoms with E-state index in [1.165, 1.54) is 23.5 Å². The first-order chi connectivity index (χ1) is 18.1. The van der Waals surface area contributed by atoms with Crippen molar-refractivity contribution in [3.05, 3.63) is 75.0 Å². The second kappa shape index (κ2) is 13.3. The molecule has 0 aliphatic carbocycles. The quantitative estimate of drug-likeness (QED) is 0.0797. The van der Waals surface area contributed by atoms with Crippen molar-refractivity contribution in [2.45, 2.75) is 56.4 Å². The first-order valence-electron chi connectivity index (χ1n) is 12.3. The molecular formula is C28H33F3N4OS2. The van der Waals surface area contributed by atoms with Crippen molar-refractivity contribution in [1.82, 2.24) is 10.7 Å². The minimum Gasteiger partial charge on any atom is -0.344 e. The monoisotopic (exact) mass is 562 g/mol. The number of amidine groups is 1. The highest BCUT2D eigenvalue weighted by molar-refractivity contribution is 7.99. The van der Waals surface area contributed by atoms with Crippen LogP contribution in [-0.2, 0) is 6.18 Å². The predicted molar refractivity (Wildman–Crippen MR) is 152 cm³/mol. The largest absolute Gasteiger partial charge is 0.416 e. The molecule has 3 aromatic rings.